The number of carbonyl (C=O) groups is 1. The number of ether oxygens (including phenoxy) is 2. The summed E-state index contributed by atoms with van der Waals surface area (Å²) < 4.78 is 11.9. The highest BCUT2D eigenvalue weighted by Gasteiger charge is 2.33. The van der Waals surface area contributed by atoms with Crippen molar-refractivity contribution in [3.05, 3.63) is 52.9 Å². The second kappa shape index (κ2) is 9.53. The van der Waals surface area contributed by atoms with E-state index in [1.165, 1.54) is 11.8 Å². The molecule has 0 unspecified atom stereocenters. The van der Waals surface area contributed by atoms with Crippen molar-refractivity contribution < 1.29 is 14.3 Å². The Balaban J connectivity index is 1.84. The van der Waals surface area contributed by atoms with Crippen LogP contribution in [-0.4, -0.2) is 37.5 Å². The van der Waals surface area contributed by atoms with Gasteiger partial charge >= 0.3 is 0 Å². The van der Waals surface area contributed by atoms with Gasteiger partial charge < -0.3 is 14.4 Å². The predicted octanol–water partition coefficient (Wildman–Crippen LogP) is 5.34. The predicted molar refractivity (Wildman–Crippen MR) is 130 cm³/mol. The highest BCUT2D eigenvalue weighted by molar-refractivity contribution is 8.27. The zero-order chi connectivity index (χ0) is 21.8. The maximum Gasteiger partial charge on any atom is 0.270 e. The number of methoxy groups -OCH3 is 1. The standard InChI is InChI=1S/C23H26N2O3S2/c1-6-15(2)28-19-12-7-16(13-20(19)27-5)14-21-22(26)25(23(29)30-21)18-10-8-17(9-11-18)24(3)4/h7-15H,6H2,1-5H3/b21-14-/t15-/m1/s1. The summed E-state index contributed by atoms with van der Waals surface area (Å²) in [5, 5.41) is 0. The zero-order valence-electron chi connectivity index (χ0n) is 17.8. The number of anilines is 2. The number of hydrogen-bond acceptors (Lipinski definition) is 6. The first-order valence-electron chi connectivity index (χ1n) is 9.74. The summed E-state index contributed by atoms with van der Waals surface area (Å²) >= 11 is 6.78. The van der Waals surface area contributed by atoms with Gasteiger partial charge in [-0.3, -0.25) is 9.69 Å². The molecule has 1 heterocycles. The molecule has 1 aliphatic heterocycles. The largest absolute Gasteiger partial charge is 0.493 e. The van der Waals surface area contributed by atoms with Crippen LogP contribution in [0.3, 0.4) is 0 Å². The van der Waals surface area contributed by atoms with Crippen molar-refractivity contribution >= 4 is 51.7 Å². The topological polar surface area (TPSA) is 42.0 Å². The first-order chi connectivity index (χ1) is 14.3. The number of rotatable bonds is 7. The molecule has 0 saturated carbocycles. The van der Waals surface area contributed by atoms with Crippen molar-refractivity contribution in [2.75, 3.05) is 31.0 Å². The monoisotopic (exact) mass is 442 g/mol. The molecule has 30 heavy (non-hydrogen) atoms. The summed E-state index contributed by atoms with van der Waals surface area (Å²) in [5.74, 6) is 1.21. The van der Waals surface area contributed by atoms with Gasteiger partial charge in [-0.2, -0.15) is 0 Å². The van der Waals surface area contributed by atoms with Gasteiger partial charge in [0.2, 0.25) is 0 Å². The van der Waals surface area contributed by atoms with E-state index in [-0.39, 0.29) is 12.0 Å². The molecule has 0 radical (unpaired) electrons. The molecule has 1 amide bonds. The van der Waals surface area contributed by atoms with Crippen LogP contribution in [0.1, 0.15) is 25.8 Å². The van der Waals surface area contributed by atoms with Crippen molar-refractivity contribution in [1.29, 1.82) is 0 Å². The van der Waals surface area contributed by atoms with E-state index in [4.69, 9.17) is 21.7 Å². The van der Waals surface area contributed by atoms with Gasteiger partial charge in [-0.1, -0.05) is 37.0 Å². The van der Waals surface area contributed by atoms with Crippen molar-refractivity contribution in [3.63, 3.8) is 0 Å². The molecule has 2 aromatic carbocycles. The van der Waals surface area contributed by atoms with Crippen LogP contribution in [0.4, 0.5) is 11.4 Å². The first-order valence-corrected chi connectivity index (χ1v) is 11.0. The van der Waals surface area contributed by atoms with E-state index in [0.717, 1.165) is 23.4 Å². The molecule has 0 N–H and O–H groups in total. The average Bonchev–Trinajstić information content (AvgIpc) is 3.01. The van der Waals surface area contributed by atoms with Crippen molar-refractivity contribution in [3.8, 4) is 11.5 Å². The third kappa shape index (κ3) is 4.79. The smallest absolute Gasteiger partial charge is 0.270 e. The Morgan fingerprint density at radius 1 is 1.17 bits per heavy atom. The van der Waals surface area contributed by atoms with E-state index in [1.54, 1.807) is 12.0 Å². The highest BCUT2D eigenvalue weighted by atomic mass is 32.2. The van der Waals surface area contributed by atoms with Crippen LogP contribution >= 0.6 is 24.0 Å². The summed E-state index contributed by atoms with van der Waals surface area (Å²) in [6, 6.07) is 13.4. The molecule has 3 rings (SSSR count). The van der Waals surface area contributed by atoms with Crippen LogP contribution in [0.2, 0.25) is 0 Å². The first kappa shape index (κ1) is 22.2. The molecule has 1 fully saturated rings. The summed E-state index contributed by atoms with van der Waals surface area (Å²) in [7, 11) is 5.56. The van der Waals surface area contributed by atoms with Crippen LogP contribution in [0.5, 0.6) is 11.5 Å². The fourth-order valence-corrected chi connectivity index (χ4v) is 4.21. The maximum atomic E-state index is 13.0. The second-order valence-electron chi connectivity index (χ2n) is 7.17. The minimum atomic E-state index is -0.124. The minimum Gasteiger partial charge on any atom is -0.493 e. The van der Waals surface area contributed by atoms with Crippen molar-refractivity contribution in [2.45, 2.75) is 26.4 Å². The maximum absolute atomic E-state index is 13.0. The van der Waals surface area contributed by atoms with Gasteiger partial charge in [0.1, 0.15) is 0 Å². The number of thiocarbonyl (C=S) groups is 1. The van der Waals surface area contributed by atoms with Crippen LogP contribution < -0.4 is 19.3 Å². The van der Waals surface area contributed by atoms with E-state index in [9.17, 15) is 4.79 Å². The molecular formula is C23H26N2O3S2. The van der Waals surface area contributed by atoms with E-state index in [0.29, 0.717) is 20.7 Å². The molecule has 0 aliphatic carbocycles. The van der Waals surface area contributed by atoms with Crippen molar-refractivity contribution in [1.82, 2.24) is 0 Å². The Labute approximate surface area is 187 Å². The van der Waals surface area contributed by atoms with Crippen molar-refractivity contribution in [2.24, 2.45) is 0 Å². The molecule has 0 bridgehead atoms. The number of nitrogens with zero attached hydrogens (tertiary/aromatic N) is 2. The van der Waals surface area contributed by atoms with E-state index < -0.39 is 0 Å². The molecule has 0 aromatic heterocycles. The SMILES string of the molecule is CC[C@@H](C)Oc1ccc(/C=C2\SC(=S)N(c3ccc(N(C)C)cc3)C2=O)cc1OC. The molecule has 1 aliphatic rings. The lowest BCUT2D eigenvalue weighted by Gasteiger charge is -2.17. The third-order valence-electron chi connectivity index (χ3n) is 4.81. The van der Waals surface area contributed by atoms with E-state index in [2.05, 4.69) is 6.92 Å². The minimum absolute atomic E-state index is 0.0971. The molecule has 0 spiro atoms. The third-order valence-corrected chi connectivity index (χ3v) is 6.11. The molecule has 158 valence electrons. The number of benzene rings is 2. The zero-order valence-corrected chi connectivity index (χ0v) is 19.5. The van der Waals surface area contributed by atoms with Gasteiger partial charge in [0.25, 0.3) is 5.91 Å². The molecule has 1 atom stereocenters. The number of amides is 1. The van der Waals surface area contributed by atoms with Crippen LogP contribution in [0.15, 0.2) is 47.4 Å². The Morgan fingerprint density at radius 2 is 1.87 bits per heavy atom. The second-order valence-corrected chi connectivity index (χ2v) is 8.85. The lowest BCUT2D eigenvalue weighted by Crippen LogP contribution is -2.27. The van der Waals surface area contributed by atoms with Gasteiger partial charge in [-0.25, -0.2) is 0 Å². The Morgan fingerprint density at radius 3 is 2.47 bits per heavy atom. The summed E-state index contributed by atoms with van der Waals surface area (Å²) in [5.41, 5.74) is 2.68. The van der Waals surface area contributed by atoms with Gasteiger partial charge in [0.15, 0.2) is 15.8 Å². The summed E-state index contributed by atoms with van der Waals surface area (Å²) in [4.78, 5) is 17.2. The Bertz CT molecular complexity index is 971. The van der Waals surface area contributed by atoms with E-state index in [1.807, 2.05) is 74.5 Å². The normalized spacial score (nSPS) is 16.2. The molecule has 5 nitrogen and oxygen atoms in total. The number of thioether (sulfide) groups is 1. The fraction of sp³-hybridized carbons (Fsp3) is 0.304. The van der Waals surface area contributed by atoms with Gasteiger partial charge in [-0.15, -0.1) is 0 Å². The lowest BCUT2D eigenvalue weighted by atomic mass is 10.1. The number of hydrogen-bond donors (Lipinski definition) is 0. The lowest BCUT2D eigenvalue weighted by molar-refractivity contribution is -0.113. The van der Waals surface area contributed by atoms with E-state index >= 15 is 0 Å². The summed E-state index contributed by atoms with van der Waals surface area (Å²) in [6.45, 7) is 4.09. The molecule has 7 heteroatoms. The van der Waals surface area contributed by atoms with Crippen LogP contribution in [0, 0.1) is 0 Å². The van der Waals surface area contributed by atoms with Gasteiger partial charge in [0.05, 0.1) is 23.8 Å². The van der Waals surface area contributed by atoms with Crippen LogP contribution in [0.25, 0.3) is 6.08 Å². The number of carbonyl (C=O) groups excluding carboxylic acids is 1. The summed E-state index contributed by atoms with van der Waals surface area (Å²) in [6.07, 6.45) is 2.84. The van der Waals surface area contributed by atoms with Gasteiger partial charge in [0, 0.05) is 19.8 Å². The average molecular weight is 443 g/mol. The Kier molecular flexibility index (Phi) is 7.05. The van der Waals surface area contributed by atoms with Gasteiger partial charge in [-0.05, 0) is 61.4 Å². The highest BCUT2D eigenvalue weighted by Crippen LogP contribution is 2.37. The molecular weight excluding hydrogens is 416 g/mol. The fourth-order valence-electron chi connectivity index (χ4n) is 2.91. The molecule has 2 aromatic rings. The Hall–Kier alpha value is -2.51. The quantitative estimate of drug-likeness (QED) is 0.426. The molecule has 1 saturated heterocycles. The van der Waals surface area contributed by atoms with Crippen LogP contribution in [-0.2, 0) is 4.79 Å².